The third kappa shape index (κ3) is 3.96. The molecule has 8 heteroatoms. The van der Waals surface area contributed by atoms with Gasteiger partial charge in [0.25, 0.3) is 0 Å². The molecule has 136 valence electrons. The molecule has 0 aliphatic carbocycles. The molecule has 1 aromatic carbocycles. The summed E-state index contributed by atoms with van der Waals surface area (Å²) in [5.41, 5.74) is 0.872. The topological polar surface area (TPSA) is 84.7 Å². The summed E-state index contributed by atoms with van der Waals surface area (Å²) in [7, 11) is -6.95. The van der Waals surface area contributed by atoms with Crippen molar-refractivity contribution < 1.29 is 21.3 Å². The maximum Gasteiger partial charge on any atom is 0.243 e. The van der Waals surface area contributed by atoms with Gasteiger partial charge in [-0.3, -0.25) is 0 Å². The van der Waals surface area contributed by atoms with Crippen LogP contribution < -0.4 is 0 Å². The molecular formula is C17H21NO5S2. The van der Waals surface area contributed by atoms with Crippen LogP contribution in [-0.2, 0) is 25.6 Å². The second kappa shape index (κ2) is 6.93. The molecule has 25 heavy (non-hydrogen) atoms. The minimum absolute atomic E-state index is 0.144. The lowest BCUT2D eigenvalue weighted by molar-refractivity contribution is 0.345. The fourth-order valence-corrected chi connectivity index (χ4v) is 6.37. The van der Waals surface area contributed by atoms with Gasteiger partial charge in [-0.25, -0.2) is 16.8 Å². The maximum absolute atomic E-state index is 12.7. The van der Waals surface area contributed by atoms with Crippen molar-refractivity contribution in [1.29, 1.82) is 0 Å². The molecule has 0 bridgehead atoms. The Hall–Kier alpha value is -1.64. The zero-order valence-corrected chi connectivity index (χ0v) is 15.6. The minimum Gasteiger partial charge on any atom is -0.468 e. The molecule has 6 nitrogen and oxygen atoms in total. The summed E-state index contributed by atoms with van der Waals surface area (Å²) in [5.74, 6) is 0.268. The normalized spacial score (nSPS) is 17.6. The Labute approximate surface area is 148 Å². The van der Waals surface area contributed by atoms with E-state index in [1.165, 1.54) is 10.6 Å². The van der Waals surface area contributed by atoms with Gasteiger partial charge in [0, 0.05) is 13.1 Å². The van der Waals surface area contributed by atoms with E-state index in [-0.39, 0.29) is 23.7 Å². The summed E-state index contributed by atoms with van der Waals surface area (Å²) in [6.45, 7) is 2.25. The van der Waals surface area contributed by atoms with Crippen molar-refractivity contribution in [3.8, 4) is 0 Å². The quantitative estimate of drug-likeness (QED) is 0.791. The second-order valence-corrected chi connectivity index (χ2v) is 10.5. The Morgan fingerprint density at radius 1 is 1.08 bits per heavy atom. The Balaban J connectivity index is 1.69. The van der Waals surface area contributed by atoms with E-state index >= 15 is 0 Å². The predicted octanol–water partition coefficient (Wildman–Crippen LogP) is 2.36. The Morgan fingerprint density at radius 2 is 1.80 bits per heavy atom. The highest BCUT2D eigenvalue weighted by molar-refractivity contribution is 7.91. The molecule has 0 radical (unpaired) electrons. The van der Waals surface area contributed by atoms with Crippen LogP contribution in [0.15, 0.2) is 52.0 Å². The summed E-state index contributed by atoms with van der Waals surface area (Å²) in [4.78, 5) is 0.254. The molecule has 0 atom stereocenters. The van der Waals surface area contributed by atoms with E-state index in [9.17, 15) is 16.8 Å². The van der Waals surface area contributed by atoms with Crippen molar-refractivity contribution >= 4 is 19.9 Å². The molecule has 0 N–H and O–H groups in total. The van der Waals surface area contributed by atoms with Crippen molar-refractivity contribution in [2.45, 2.75) is 35.7 Å². The smallest absolute Gasteiger partial charge is 0.243 e. The number of hydrogen-bond donors (Lipinski definition) is 0. The zero-order chi connectivity index (χ0) is 18.1. The number of hydrogen-bond acceptors (Lipinski definition) is 5. The van der Waals surface area contributed by atoms with E-state index < -0.39 is 25.1 Å². The van der Waals surface area contributed by atoms with E-state index in [2.05, 4.69) is 0 Å². The van der Waals surface area contributed by atoms with Gasteiger partial charge in [0.15, 0.2) is 9.84 Å². The molecule has 1 aliphatic heterocycles. The summed E-state index contributed by atoms with van der Waals surface area (Å²) >= 11 is 0. The van der Waals surface area contributed by atoms with Gasteiger partial charge in [0.1, 0.15) is 11.5 Å². The highest BCUT2D eigenvalue weighted by Crippen LogP contribution is 2.26. The van der Waals surface area contributed by atoms with Crippen LogP contribution in [0.1, 0.15) is 24.2 Å². The van der Waals surface area contributed by atoms with Gasteiger partial charge in [-0.15, -0.1) is 0 Å². The number of aryl methyl sites for hydroxylation is 1. The van der Waals surface area contributed by atoms with E-state index in [0.29, 0.717) is 18.6 Å². The van der Waals surface area contributed by atoms with Crippen molar-refractivity contribution in [3.63, 3.8) is 0 Å². The second-order valence-electron chi connectivity index (χ2n) is 6.31. The lowest BCUT2D eigenvalue weighted by Gasteiger charge is -2.30. The highest BCUT2D eigenvalue weighted by Gasteiger charge is 2.35. The molecule has 2 aromatic rings. The fraction of sp³-hybridized carbons (Fsp3) is 0.412. The molecular weight excluding hydrogens is 362 g/mol. The molecule has 0 unspecified atom stereocenters. The van der Waals surface area contributed by atoms with Crippen molar-refractivity contribution in [3.05, 3.63) is 54.0 Å². The zero-order valence-electron chi connectivity index (χ0n) is 14.0. The van der Waals surface area contributed by atoms with Gasteiger partial charge in [-0.1, -0.05) is 12.1 Å². The first-order chi connectivity index (χ1) is 11.8. The number of nitrogens with zero attached hydrogens (tertiary/aromatic N) is 1. The molecule has 1 aliphatic rings. The standard InChI is InChI=1S/C17H21NO5S2/c1-14-4-2-6-17(12-14)25(21,22)18-9-7-16(8-10-18)24(19,20)13-15-5-3-11-23-15/h2-6,11-12,16H,7-10,13H2,1H3. The summed E-state index contributed by atoms with van der Waals surface area (Å²) < 4.78 is 56.9. The number of sulfonamides is 1. The molecule has 0 amide bonds. The van der Waals surface area contributed by atoms with Crippen LogP contribution in [0.3, 0.4) is 0 Å². The summed E-state index contributed by atoms with van der Waals surface area (Å²) in [5, 5.41) is -0.540. The van der Waals surface area contributed by atoms with Gasteiger partial charge in [0.05, 0.1) is 16.4 Å². The van der Waals surface area contributed by atoms with Crippen LogP contribution in [0.25, 0.3) is 0 Å². The molecule has 0 spiro atoms. The van der Waals surface area contributed by atoms with Crippen LogP contribution >= 0.6 is 0 Å². The largest absolute Gasteiger partial charge is 0.468 e. The molecule has 1 fully saturated rings. The van der Waals surface area contributed by atoms with Gasteiger partial charge in [-0.05, 0) is 49.6 Å². The van der Waals surface area contributed by atoms with Crippen LogP contribution in [-0.4, -0.2) is 39.5 Å². The van der Waals surface area contributed by atoms with Gasteiger partial charge in [0.2, 0.25) is 10.0 Å². The SMILES string of the molecule is Cc1cccc(S(=O)(=O)N2CCC(S(=O)(=O)Cc3ccco3)CC2)c1. The molecule has 2 heterocycles. The average Bonchev–Trinajstić information content (AvgIpc) is 3.07. The van der Waals surface area contributed by atoms with Crippen molar-refractivity contribution in [2.24, 2.45) is 0 Å². The predicted molar refractivity (Wildman–Crippen MR) is 94.3 cm³/mol. The van der Waals surface area contributed by atoms with Crippen molar-refractivity contribution in [2.75, 3.05) is 13.1 Å². The van der Waals surface area contributed by atoms with Gasteiger partial charge in [-0.2, -0.15) is 4.31 Å². The van der Waals surface area contributed by atoms with Crippen LogP contribution in [0.5, 0.6) is 0 Å². The Kier molecular flexibility index (Phi) is 5.04. The monoisotopic (exact) mass is 383 g/mol. The lowest BCUT2D eigenvalue weighted by atomic mass is 10.2. The molecule has 1 saturated heterocycles. The fourth-order valence-electron chi connectivity index (χ4n) is 3.07. The first-order valence-electron chi connectivity index (χ1n) is 8.10. The summed E-state index contributed by atoms with van der Waals surface area (Å²) in [6, 6.07) is 10.0. The Morgan fingerprint density at radius 3 is 2.40 bits per heavy atom. The van der Waals surface area contributed by atoms with Crippen LogP contribution in [0.2, 0.25) is 0 Å². The number of rotatable bonds is 5. The molecule has 3 rings (SSSR count). The maximum atomic E-state index is 12.7. The number of furan rings is 1. The van der Waals surface area contributed by atoms with E-state index in [1.807, 2.05) is 13.0 Å². The van der Waals surface area contributed by atoms with Gasteiger partial charge >= 0.3 is 0 Å². The summed E-state index contributed by atoms with van der Waals surface area (Å²) in [6.07, 6.45) is 2.05. The highest BCUT2D eigenvalue weighted by atomic mass is 32.2. The number of piperidine rings is 1. The minimum atomic E-state index is -3.58. The van der Waals surface area contributed by atoms with E-state index in [0.717, 1.165) is 5.56 Å². The lowest BCUT2D eigenvalue weighted by Crippen LogP contribution is -2.42. The third-order valence-electron chi connectivity index (χ3n) is 4.46. The van der Waals surface area contributed by atoms with E-state index in [4.69, 9.17) is 4.42 Å². The molecule has 1 aromatic heterocycles. The number of benzene rings is 1. The number of sulfone groups is 1. The first-order valence-corrected chi connectivity index (χ1v) is 11.3. The van der Waals surface area contributed by atoms with Crippen molar-refractivity contribution in [1.82, 2.24) is 4.31 Å². The molecule has 0 saturated carbocycles. The first kappa shape index (κ1) is 18.2. The van der Waals surface area contributed by atoms with Crippen LogP contribution in [0, 0.1) is 6.92 Å². The Bertz CT molecular complexity index is 925. The third-order valence-corrected chi connectivity index (χ3v) is 8.53. The van der Waals surface area contributed by atoms with Gasteiger partial charge < -0.3 is 4.42 Å². The average molecular weight is 383 g/mol. The van der Waals surface area contributed by atoms with E-state index in [1.54, 1.807) is 30.3 Å². The van der Waals surface area contributed by atoms with Crippen LogP contribution in [0.4, 0.5) is 0 Å².